The highest BCUT2D eigenvalue weighted by atomic mass is 35.5. The van der Waals surface area contributed by atoms with Crippen LogP contribution >= 0.6 is 22.9 Å². The number of imidazole rings is 1. The first kappa shape index (κ1) is 18.4. The van der Waals surface area contributed by atoms with Gasteiger partial charge in [-0.05, 0) is 31.4 Å². The highest BCUT2D eigenvalue weighted by Crippen LogP contribution is 2.31. The van der Waals surface area contributed by atoms with E-state index in [2.05, 4.69) is 15.0 Å². The number of anilines is 1. The fourth-order valence-electron chi connectivity index (χ4n) is 3.88. The fourth-order valence-corrected chi connectivity index (χ4v) is 6.88. The van der Waals surface area contributed by atoms with Gasteiger partial charge in [0.25, 0.3) is 0 Å². The molecule has 1 unspecified atom stereocenters. The Bertz CT molecular complexity index is 1070. The third-order valence-electron chi connectivity index (χ3n) is 5.43. The van der Waals surface area contributed by atoms with Crippen molar-refractivity contribution >= 4 is 43.1 Å². The molecule has 0 N–H and O–H groups in total. The van der Waals surface area contributed by atoms with Crippen LogP contribution in [0.3, 0.4) is 0 Å². The number of rotatable bonds is 4. The standard InChI is InChI=1S/C18H20ClN5O2S2/c19-14-5-3-13(4-6-14)16-12-24-17(20-16)27-18(21-24)22-10-7-15(11-22)28(25,26)23-8-1-2-9-23/h3-6,12,15H,1-2,7-11H2. The summed E-state index contributed by atoms with van der Waals surface area (Å²) >= 11 is 7.44. The van der Waals surface area contributed by atoms with E-state index in [1.807, 2.05) is 30.5 Å². The SMILES string of the molecule is O=S(=O)(C1CCN(c2nn3cc(-c4ccc(Cl)cc4)nc3s2)C1)N1CCCC1. The molecule has 2 aromatic heterocycles. The van der Waals surface area contributed by atoms with E-state index in [1.54, 1.807) is 8.82 Å². The van der Waals surface area contributed by atoms with Gasteiger partial charge in [0.15, 0.2) is 0 Å². The molecule has 1 atom stereocenters. The zero-order valence-corrected chi connectivity index (χ0v) is 17.5. The van der Waals surface area contributed by atoms with Gasteiger partial charge in [0, 0.05) is 36.8 Å². The third kappa shape index (κ3) is 3.20. The van der Waals surface area contributed by atoms with Crippen molar-refractivity contribution in [1.82, 2.24) is 18.9 Å². The van der Waals surface area contributed by atoms with Crippen molar-refractivity contribution in [1.29, 1.82) is 0 Å². The van der Waals surface area contributed by atoms with Crippen LogP contribution in [-0.2, 0) is 10.0 Å². The molecule has 148 valence electrons. The Morgan fingerprint density at radius 1 is 1.11 bits per heavy atom. The summed E-state index contributed by atoms with van der Waals surface area (Å²) in [7, 11) is -3.21. The minimum atomic E-state index is -3.21. The topological polar surface area (TPSA) is 70.8 Å². The van der Waals surface area contributed by atoms with E-state index in [4.69, 9.17) is 11.6 Å². The molecule has 5 rings (SSSR count). The first-order valence-corrected chi connectivity index (χ1v) is 12.1. The third-order valence-corrected chi connectivity index (χ3v) is 8.98. The molecule has 2 saturated heterocycles. The second-order valence-corrected chi connectivity index (χ2v) is 10.8. The first-order chi connectivity index (χ1) is 13.5. The summed E-state index contributed by atoms with van der Waals surface area (Å²) in [5, 5.41) is 5.81. The number of halogens is 1. The molecule has 2 fully saturated rings. The number of sulfonamides is 1. The summed E-state index contributed by atoms with van der Waals surface area (Å²) in [4.78, 5) is 7.52. The molecular formula is C18H20ClN5O2S2. The number of nitrogens with zero attached hydrogens (tertiary/aromatic N) is 5. The normalized spacial score (nSPS) is 21.2. The Balaban J connectivity index is 1.34. The summed E-state index contributed by atoms with van der Waals surface area (Å²) in [6, 6.07) is 7.55. The zero-order chi connectivity index (χ0) is 19.3. The lowest BCUT2D eigenvalue weighted by atomic mass is 10.2. The first-order valence-electron chi connectivity index (χ1n) is 9.37. The Morgan fingerprint density at radius 3 is 2.57 bits per heavy atom. The van der Waals surface area contributed by atoms with Gasteiger partial charge in [-0.2, -0.15) is 0 Å². The number of fused-ring (bicyclic) bond motifs is 1. The van der Waals surface area contributed by atoms with Gasteiger partial charge in [0.2, 0.25) is 20.1 Å². The van der Waals surface area contributed by atoms with E-state index in [0.717, 1.165) is 34.2 Å². The van der Waals surface area contributed by atoms with Crippen molar-refractivity contribution in [2.45, 2.75) is 24.5 Å². The van der Waals surface area contributed by atoms with Gasteiger partial charge in [-0.1, -0.05) is 35.1 Å². The summed E-state index contributed by atoms with van der Waals surface area (Å²) in [6.07, 6.45) is 4.48. The molecule has 0 aliphatic carbocycles. The summed E-state index contributed by atoms with van der Waals surface area (Å²) < 4.78 is 29.1. The molecule has 0 spiro atoms. The van der Waals surface area contributed by atoms with Gasteiger partial charge in [0.05, 0.1) is 17.1 Å². The van der Waals surface area contributed by atoms with Crippen LogP contribution in [0, 0.1) is 0 Å². The molecule has 28 heavy (non-hydrogen) atoms. The molecule has 7 nitrogen and oxygen atoms in total. The predicted octanol–water partition coefficient (Wildman–Crippen LogP) is 3.12. The number of hydrogen-bond donors (Lipinski definition) is 0. The molecule has 10 heteroatoms. The Morgan fingerprint density at radius 2 is 1.86 bits per heavy atom. The lowest BCUT2D eigenvalue weighted by Crippen LogP contribution is -2.38. The minimum absolute atomic E-state index is 0.341. The Hall–Kier alpha value is -1.68. The van der Waals surface area contributed by atoms with Crippen molar-refractivity contribution in [3.05, 3.63) is 35.5 Å². The maximum atomic E-state index is 12.8. The molecule has 0 radical (unpaired) electrons. The second-order valence-electron chi connectivity index (χ2n) is 7.25. The molecule has 3 aromatic rings. The van der Waals surface area contributed by atoms with Crippen LogP contribution in [0.1, 0.15) is 19.3 Å². The smallest absolute Gasteiger partial charge is 0.218 e. The van der Waals surface area contributed by atoms with E-state index in [9.17, 15) is 8.42 Å². The highest BCUT2D eigenvalue weighted by molar-refractivity contribution is 7.89. The van der Waals surface area contributed by atoms with Crippen LogP contribution in [0.5, 0.6) is 0 Å². The van der Waals surface area contributed by atoms with Crippen LogP contribution in [0.2, 0.25) is 5.02 Å². The van der Waals surface area contributed by atoms with Crippen LogP contribution in [-0.4, -0.2) is 58.8 Å². The Kier molecular flexibility index (Phi) is 4.58. The molecule has 0 saturated carbocycles. The molecule has 4 heterocycles. The average Bonchev–Trinajstić information content (AvgIpc) is 3.44. The summed E-state index contributed by atoms with van der Waals surface area (Å²) in [6.45, 7) is 2.53. The van der Waals surface area contributed by atoms with Gasteiger partial charge >= 0.3 is 0 Å². The van der Waals surface area contributed by atoms with Gasteiger partial charge in [0.1, 0.15) is 0 Å². The van der Waals surface area contributed by atoms with E-state index in [-0.39, 0.29) is 5.25 Å². The highest BCUT2D eigenvalue weighted by Gasteiger charge is 2.39. The van der Waals surface area contributed by atoms with Crippen LogP contribution < -0.4 is 4.90 Å². The largest absolute Gasteiger partial charge is 0.345 e. The predicted molar refractivity (Wildman–Crippen MR) is 112 cm³/mol. The maximum Gasteiger partial charge on any atom is 0.218 e. The average molecular weight is 438 g/mol. The van der Waals surface area contributed by atoms with Crippen molar-refractivity contribution in [2.75, 3.05) is 31.1 Å². The van der Waals surface area contributed by atoms with Crippen molar-refractivity contribution in [2.24, 2.45) is 0 Å². The number of benzene rings is 1. The van der Waals surface area contributed by atoms with E-state index in [1.165, 1.54) is 11.3 Å². The maximum absolute atomic E-state index is 12.8. The molecule has 2 aliphatic rings. The summed E-state index contributed by atoms with van der Waals surface area (Å²) in [5.41, 5.74) is 1.83. The van der Waals surface area contributed by atoms with Gasteiger partial charge < -0.3 is 4.90 Å². The van der Waals surface area contributed by atoms with Crippen molar-refractivity contribution in [3.8, 4) is 11.3 Å². The van der Waals surface area contributed by atoms with Crippen molar-refractivity contribution < 1.29 is 8.42 Å². The van der Waals surface area contributed by atoms with Gasteiger partial charge in [-0.3, -0.25) is 0 Å². The van der Waals surface area contributed by atoms with E-state index >= 15 is 0 Å². The fraction of sp³-hybridized carbons (Fsp3) is 0.444. The van der Waals surface area contributed by atoms with Gasteiger partial charge in [-0.25, -0.2) is 22.2 Å². The quantitative estimate of drug-likeness (QED) is 0.627. The number of hydrogen-bond acceptors (Lipinski definition) is 6. The monoisotopic (exact) mass is 437 g/mol. The van der Waals surface area contributed by atoms with Crippen LogP contribution in [0.4, 0.5) is 5.13 Å². The van der Waals surface area contributed by atoms with Crippen LogP contribution in [0.25, 0.3) is 16.2 Å². The van der Waals surface area contributed by atoms with Gasteiger partial charge in [-0.15, -0.1) is 5.10 Å². The molecule has 0 bridgehead atoms. The lowest BCUT2D eigenvalue weighted by Gasteiger charge is -2.20. The van der Waals surface area contributed by atoms with E-state index in [0.29, 0.717) is 37.6 Å². The minimum Gasteiger partial charge on any atom is -0.345 e. The zero-order valence-electron chi connectivity index (χ0n) is 15.2. The second kappa shape index (κ2) is 6.98. The Labute approximate surface area is 172 Å². The number of aromatic nitrogens is 3. The van der Waals surface area contributed by atoms with Crippen LogP contribution in [0.15, 0.2) is 30.5 Å². The molecule has 0 amide bonds. The molecule has 2 aliphatic heterocycles. The molecule has 1 aromatic carbocycles. The molecular weight excluding hydrogens is 418 g/mol. The van der Waals surface area contributed by atoms with E-state index < -0.39 is 10.0 Å². The lowest BCUT2D eigenvalue weighted by molar-refractivity contribution is 0.467. The summed E-state index contributed by atoms with van der Waals surface area (Å²) in [5.74, 6) is 0. The van der Waals surface area contributed by atoms with Crippen molar-refractivity contribution in [3.63, 3.8) is 0 Å².